The predicted molar refractivity (Wildman–Crippen MR) is 46.9 cm³/mol. The van der Waals surface area contributed by atoms with Crippen molar-refractivity contribution >= 4 is 0 Å². The standard InChI is InChI=1S/C6H11.C4H8O.BrH.Zn/c1-2-4-6-5-3-1;1-2-4-5-3-1;;/h1H,2-6H2;1-4H2;1H;/q;;;+1/p-1. The molecule has 0 atom stereocenters. The maximum atomic E-state index is 4.94. The third-order valence-corrected chi connectivity index (χ3v) is 4.27. The summed E-state index contributed by atoms with van der Waals surface area (Å²) < 4.78 is 6.11. The normalized spacial score (nSPS) is 22.9. The van der Waals surface area contributed by atoms with Crippen molar-refractivity contribution in [2.75, 3.05) is 13.2 Å². The van der Waals surface area contributed by atoms with Gasteiger partial charge in [-0.3, -0.25) is 0 Å². The fourth-order valence-electron chi connectivity index (χ4n) is 1.70. The zero-order valence-electron chi connectivity index (χ0n) is 8.43. The van der Waals surface area contributed by atoms with Gasteiger partial charge in [0.05, 0.1) is 0 Å². The summed E-state index contributed by atoms with van der Waals surface area (Å²) in [7, 11) is 0. The van der Waals surface area contributed by atoms with Crippen molar-refractivity contribution in [3.63, 3.8) is 0 Å². The van der Waals surface area contributed by atoms with Crippen LogP contribution in [0.5, 0.6) is 0 Å². The Morgan fingerprint density at radius 2 is 1.38 bits per heavy atom. The van der Waals surface area contributed by atoms with Crippen LogP contribution in [0.2, 0.25) is 4.51 Å². The first-order valence-electron chi connectivity index (χ1n) is 5.30. The Bertz CT molecular complexity index is 93.5. The minimum absolute atomic E-state index is 0. The first-order valence-corrected chi connectivity index (χ1v) is 7.02. The number of hydrogen-bond acceptors (Lipinski definition) is 1. The molecule has 1 nitrogen and oxygen atoms in total. The molecule has 13 heavy (non-hydrogen) atoms. The molecule has 1 saturated heterocycles. The summed E-state index contributed by atoms with van der Waals surface area (Å²) >= 11 is 1.54. The van der Waals surface area contributed by atoms with Gasteiger partial charge in [-0.1, -0.05) is 0 Å². The van der Waals surface area contributed by atoms with E-state index in [9.17, 15) is 0 Å². The van der Waals surface area contributed by atoms with Crippen LogP contribution in [-0.4, -0.2) is 13.2 Å². The van der Waals surface area contributed by atoms with Gasteiger partial charge in [-0.15, -0.1) is 0 Å². The summed E-state index contributed by atoms with van der Waals surface area (Å²) in [5, 5.41) is 0. The summed E-state index contributed by atoms with van der Waals surface area (Å²) in [5.74, 6) is 0. The zero-order chi connectivity index (χ0) is 8.65. The molecule has 1 saturated carbocycles. The molecule has 0 bridgehead atoms. The average molecular weight is 301 g/mol. The van der Waals surface area contributed by atoms with E-state index in [1.807, 2.05) is 0 Å². The van der Waals surface area contributed by atoms with Gasteiger partial charge in [-0.25, -0.2) is 0 Å². The van der Waals surface area contributed by atoms with Crippen LogP contribution in [0.25, 0.3) is 0 Å². The quantitative estimate of drug-likeness (QED) is 0.576. The molecule has 3 heteroatoms. The van der Waals surface area contributed by atoms with E-state index in [2.05, 4.69) is 0 Å². The topological polar surface area (TPSA) is 9.23 Å². The number of ether oxygens (including phenoxy) is 1. The third kappa shape index (κ3) is 8.08. The van der Waals surface area contributed by atoms with E-state index in [-0.39, 0.29) is 17.0 Å². The molecule has 0 aromatic rings. The molecule has 0 unspecified atom stereocenters. The van der Waals surface area contributed by atoms with Crippen molar-refractivity contribution in [2.24, 2.45) is 0 Å². The van der Waals surface area contributed by atoms with Crippen LogP contribution in [-0.2, 0) is 23.0 Å². The first kappa shape index (κ1) is 14.1. The second-order valence-corrected chi connectivity index (χ2v) is 6.25. The van der Waals surface area contributed by atoms with Crippen LogP contribution >= 0.6 is 0 Å². The Hall–Kier alpha value is 1.06. The van der Waals surface area contributed by atoms with Crippen molar-refractivity contribution in [3.8, 4) is 0 Å². The Kier molecular flexibility index (Phi) is 10.4. The van der Waals surface area contributed by atoms with E-state index in [1.165, 1.54) is 32.1 Å². The minimum atomic E-state index is 0. The van der Waals surface area contributed by atoms with Gasteiger partial charge >= 0.3 is 54.9 Å². The molecular formula is C10H19BrOZn. The van der Waals surface area contributed by atoms with Crippen LogP contribution in [0.4, 0.5) is 0 Å². The summed E-state index contributed by atoms with van der Waals surface area (Å²) in [6, 6.07) is 0. The monoisotopic (exact) mass is 298 g/mol. The molecule has 0 N–H and O–H groups in total. The molecule has 0 radical (unpaired) electrons. The van der Waals surface area contributed by atoms with E-state index in [4.69, 9.17) is 4.74 Å². The van der Waals surface area contributed by atoms with Gasteiger partial charge < -0.3 is 21.7 Å². The van der Waals surface area contributed by atoms with Gasteiger partial charge in [0.2, 0.25) is 0 Å². The van der Waals surface area contributed by atoms with Gasteiger partial charge in [0.15, 0.2) is 0 Å². The summed E-state index contributed by atoms with van der Waals surface area (Å²) in [6.07, 6.45) is 10.2. The Balaban J connectivity index is 0.000000215. The number of rotatable bonds is 0. The van der Waals surface area contributed by atoms with Crippen molar-refractivity contribution in [2.45, 2.75) is 49.5 Å². The number of hydrogen-bond donors (Lipinski definition) is 0. The molecule has 0 aromatic carbocycles. The second kappa shape index (κ2) is 9.61. The molecule has 2 aliphatic rings. The molecule has 1 aliphatic heterocycles. The van der Waals surface area contributed by atoms with E-state index in [0.717, 1.165) is 17.7 Å². The molecule has 0 aromatic heterocycles. The molecule has 2 fully saturated rings. The van der Waals surface area contributed by atoms with Crippen molar-refractivity contribution in [3.05, 3.63) is 0 Å². The van der Waals surface area contributed by atoms with Gasteiger partial charge in [0.1, 0.15) is 0 Å². The van der Waals surface area contributed by atoms with Crippen molar-refractivity contribution in [1.82, 2.24) is 0 Å². The van der Waals surface area contributed by atoms with Crippen molar-refractivity contribution < 1.29 is 40.0 Å². The Morgan fingerprint density at radius 3 is 1.62 bits per heavy atom. The maximum absolute atomic E-state index is 4.94. The van der Waals surface area contributed by atoms with E-state index in [0.29, 0.717) is 0 Å². The van der Waals surface area contributed by atoms with Crippen LogP contribution in [0.15, 0.2) is 0 Å². The van der Waals surface area contributed by atoms with E-state index >= 15 is 0 Å². The van der Waals surface area contributed by atoms with E-state index in [1.54, 1.807) is 31.1 Å². The Labute approximate surface area is 102 Å². The second-order valence-electron chi connectivity index (χ2n) is 3.82. The molecule has 0 spiro atoms. The average Bonchev–Trinajstić information content (AvgIpc) is 2.62. The van der Waals surface area contributed by atoms with E-state index < -0.39 is 0 Å². The van der Waals surface area contributed by atoms with Crippen LogP contribution in [0, 0.1) is 0 Å². The van der Waals surface area contributed by atoms with Gasteiger partial charge in [-0.2, -0.15) is 0 Å². The van der Waals surface area contributed by atoms with Gasteiger partial charge in [0, 0.05) is 13.2 Å². The van der Waals surface area contributed by atoms with Crippen LogP contribution < -0.4 is 17.0 Å². The SMILES string of the molecule is C1CCOC1.[Br-].[Zn+][CH]1CCCCC1. The predicted octanol–water partition coefficient (Wildman–Crippen LogP) is 0.0866. The van der Waals surface area contributed by atoms with Crippen molar-refractivity contribution in [1.29, 1.82) is 0 Å². The first-order chi connectivity index (χ1) is 5.89. The summed E-state index contributed by atoms with van der Waals surface area (Å²) in [4.78, 5) is 0. The summed E-state index contributed by atoms with van der Waals surface area (Å²) in [5.41, 5.74) is 0. The Morgan fingerprint density at radius 1 is 0.846 bits per heavy atom. The van der Waals surface area contributed by atoms with Crippen LogP contribution in [0.1, 0.15) is 44.9 Å². The molecule has 0 amide bonds. The van der Waals surface area contributed by atoms with Crippen LogP contribution in [0.3, 0.4) is 0 Å². The molecule has 1 heterocycles. The molecule has 74 valence electrons. The fraction of sp³-hybridized carbons (Fsp3) is 1.00. The third-order valence-electron chi connectivity index (χ3n) is 2.55. The summed E-state index contributed by atoms with van der Waals surface area (Å²) in [6.45, 7) is 2.00. The number of halogens is 1. The fourth-order valence-corrected chi connectivity index (χ4v) is 2.91. The molecule has 1 aliphatic carbocycles. The molecule has 2 rings (SSSR count). The zero-order valence-corrected chi connectivity index (χ0v) is 13.0. The van der Waals surface area contributed by atoms with Gasteiger partial charge in [-0.05, 0) is 12.8 Å². The van der Waals surface area contributed by atoms with Gasteiger partial charge in [0.25, 0.3) is 0 Å². The molecular weight excluding hydrogens is 281 g/mol.